The molecule has 2 heterocycles. The molecule has 0 radical (unpaired) electrons. The number of H-pyrrole nitrogens is 1. The number of carbonyl (C=O) groups excluding carboxylic acids is 1. The van der Waals surface area contributed by atoms with Gasteiger partial charge in [-0.15, -0.1) is 0 Å². The van der Waals surface area contributed by atoms with Crippen molar-refractivity contribution in [2.24, 2.45) is 11.7 Å². The minimum atomic E-state index is -0.375. The van der Waals surface area contributed by atoms with Gasteiger partial charge in [-0.3, -0.25) is 4.79 Å². The maximum absolute atomic E-state index is 11.6. The number of carbonyl (C=O) groups is 1. The zero-order valence-corrected chi connectivity index (χ0v) is 13.7. The van der Waals surface area contributed by atoms with E-state index in [1.807, 2.05) is 12.1 Å². The fraction of sp³-hybridized carbons (Fsp3) is 0.190. The number of primary amides is 1. The summed E-state index contributed by atoms with van der Waals surface area (Å²) in [6.07, 6.45) is 7.68. The highest BCUT2D eigenvalue weighted by atomic mass is 16.1. The van der Waals surface area contributed by atoms with Gasteiger partial charge in [0.2, 0.25) is 5.91 Å². The lowest BCUT2D eigenvalue weighted by Crippen LogP contribution is -2.29. The molecule has 5 rings (SSSR count). The van der Waals surface area contributed by atoms with Gasteiger partial charge in [0.1, 0.15) is 0 Å². The van der Waals surface area contributed by atoms with E-state index in [4.69, 9.17) is 5.73 Å². The lowest BCUT2D eigenvalue weighted by Gasteiger charge is -2.37. The Kier molecular flexibility index (Phi) is 3.01. The molecule has 124 valence electrons. The molecule has 4 heteroatoms. The highest BCUT2D eigenvalue weighted by Gasteiger charge is 2.38. The number of benzene rings is 2. The highest BCUT2D eigenvalue weighted by Crippen LogP contribution is 2.50. The molecule has 1 aliphatic carbocycles. The number of amides is 1. The van der Waals surface area contributed by atoms with Crippen LogP contribution in [-0.4, -0.2) is 10.9 Å². The molecule has 0 saturated carbocycles. The number of rotatable bonds is 2. The Balaban J connectivity index is 1.63. The van der Waals surface area contributed by atoms with E-state index < -0.39 is 0 Å². The van der Waals surface area contributed by atoms with Crippen LogP contribution in [0.2, 0.25) is 0 Å². The number of hydrogen-bond acceptors (Lipinski definition) is 2. The molecule has 1 aromatic heterocycles. The minimum absolute atomic E-state index is 0.239. The number of allylic oxidation sites excluding steroid dienone is 2. The van der Waals surface area contributed by atoms with Crippen molar-refractivity contribution in [1.82, 2.24) is 4.98 Å². The van der Waals surface area contributed by atoms with E-state index in [1.165, 1.54) is 16.5 Å². The topological polar surface area (TPSA) is 70.9 Å². The first kappa shape index (κ1) is 14.3. The van der Waals surface area contributed by atoms with Gasteiger partial charge in [-0.05, 0) is 47.7 Å². The van der Waals surface area contributed by atoms with Crippen molar-refractivity contribution in [2.45, 2.75) is 18.4 Å². The maximum Gasteiger partial charge on any atom is 0.248 e. The van der Waals surface area contributed by atoms with Crippen LogP contribution in [0.3, 0.4) is 0 Å². The van der Waals surface area contributed by atoms with Crippen molar-refractivity contribution in [3.05, 3.63) is 77.5 Å². The van der Waals surface area contributed by atoms with Crippen molar-refractivity contribution in [3.8, 4) is 0 Å². The molecule has 3 unspecified atom stereocenters. The van der Waals surface area contributed by atoms with E-state index in [2.05, 4.69) is 52.9 Å². The van der Waals surface area contributed by atoms with Crippen LogP contribution in [0, 0.1) is 5.92 Å². The van der Waals surface area contributed by atoms with Crippen LogP contribution in [0.25, 0.3) is 10.9 Å². The molecule has 25 heavy (non-hydrogen) atoms. The monoisotopic (exact) mass is 329 g/mol. The first-order valence-corrected chi connectivity index (χ1v) is 8.65. The molecular formula is C21H19N3O. The number of hydrogen-bond donors (Lipinski definition) is 3. The van der Waals surface area contributed by atoms with Crippen LogP contribution < -0.4 is 11.1 Å². The standard InChI is InChI=1S/C21H19N3O/c22-21(25)12-8-9-19-16(10-12)13-5-3-6-15(13)20(24-19)17-11-23-18-7-2-1-4-14(17)18/h1-5,7-11,13,15,20,23-24H,6H2,(H2,22,25). The Morgan fingerprint density at radius 1 is 1.12 bits per heavy atom. The van der Waals surface area contributed by atoms with Crippen LogP contribution in [0.15, 0.2) is 60.8 Å². The average Bonchev–Trinajstić information content (AvgIpc) is 3.28. The molecule has 4 nitrogen and oxygen atoms in total. The molecule has 3 atom stereocenters. The van der Waals surface area contributed by atoms with Crippen molar-refractivity contribution in [1.29, 1.82) is 0 Å². The Bertz CT molecular complexity index is 1020. The lowest BCUT2D eigenvalue weighted by molar-refractivity contribution is 0.1000. The van der Waals surface area contributed by atoms with Gasteiger partial charge in [-0.2, -0.15) is 0 Å². The predicted molar refractivity (Wildman–Crippen MR) is 99.6 cm³/mol. The van der Waals surface area contributed by atoms with Crippen LogP contribution in [0.5, 0.6) is 0 Å². The summed E-state index contributed by atoms with van der Waals surface area (Å²) in [5, 5.41) is 4.98. The average molecular weight is 329 g/mol. The maximum atomic E-state index is 11.6. The van der Waals surface area contributed by atoms with Crippen molar-refractivity contribution < 1.29 is 4.79 Å². The second kappa shape index (κ2) is 5.24. The number of para-hydroxylation sites is 1. The van der Waals surface area contributed by atoms with E-state index in [0.717, 1.165) is 17.6 Å². The fourth-order valence-electron chi connectivity index (χ4n) is 4.41. The molecule has 1 aliphatic heterocycles. The summed E-state index contributed by atoms with van der Waals surface area (Å²) in [4.78, 5) is 14.9. The lowest BCUT2D eigenvalue weighted by atomic mass is 9.76. The molecule has 0 spiro atoms. The molecule has 1 amide bonds. The molecule has 3 aromatic rings. The predicted octanol–water partition coefficient (Wildman–Crippen LogP) is 4.09. The normalized spacial score (nSPS) is 23.9. The van der Waals surface area contributed by atoms with Gasteiger partial charge in [0, 0.05) is 34.3 Å². The molecule has 2 aromatic carbocycles. The fourth-order valence-corrected chi connectivity index (χ4v) is 4.41. The number of aromatic amines is 1. The first-order valence-electron chi connectivity index (χ1n) is 8.65. The van der Waals surface area contributed by atoms with E-state index in [1.54, 1.807) is 6.07 Å². The molecular weight excluding hydrogens is 310 g/mol. The van der Waals surface area contributed by atoms with Gasteiger partial charge in [0.05, 0.1) is 6.04 Å². The summed E-state index contributed by atoms with van der Waals surface area (Å²) < 4.78 is 0. The zero-order chi connectivity index (χ0) is 17.0. The summed E-state index contributed by atoms with van der Waals surface area (Å²) in [5.41, 5.74) is 10.8. The number of anilines is 1. The van der Waals surface area contributed by atoms with E-state index >= 15 is 0 Å². The van der Waals surface area contributed by atoms with Crippen LogP contribution in [0.4, 0.5) is 5.69 Å². The van der Waals surface area contributed by atoms with Crippen molar-refractivity contribution in [2.75, 3.05) is 5.32 Å². The zero-order valence-electron chi connectivity index (χ0n) is 13.7. The molecule has 0 bridgehead atoms. The molecule has 0 fully saturated rings. The Hall–Kier alpha value is -3.01. The number of nitrogens with one attached hydrogen (secondary N) is 2. The minimum Gasteiger partial charge on any atom is -0.378 e. The SMILES string of the molecule is NC(=O)c1ccc2c(c1)C1C=CCC1C(c1c[nH]c3ccccc13)N2. The smallest absolute Gasteiger partial charge is 0.248 e. The quantitative estimate of drug-likeness (QED) is 0.620. The Morgan fingerprint density at radius 2 is 2.00 bits per heavy atom. The first-order chi connectivity index (χ1) is 12.2. The molecule has 0 saturated heterocycles. The summed E-state index contributed by atoms with van der Waals surface area (Å²) in [6, 6.07) is 14.4. The third kappa shape index (κ3) is 2.10. The van der Waals surface area contributed by atoms with E-state index in [9.17, 15) is 4.79 Å². The van der Waals surface area contributed by atoms with Gasteiger partial charge in [-0.25, -0.2) is 0 Å². The van der Waals surface area contributed by atoms with Gasteiger partial charge in [0.15, 0.2) is 0 Å². The van der Waals surface area contributed by atoms with Gasteiger partial charge in [0.25, 0.3) is 0 Å². The van der Waals surface area contributed by atoms with Gasteiger partial charge in [-0.1, -0.05) is 30.4 Å². The summed E-state index contributed by atoms with van der Waals surface area (Å²) in [5.74, 6) is 0.379. The highest BCUT2D eigenvalue weighted by molar-refractivity contribution is 5.93. The Morgan fingerprint density at radius 3 is 2.88 bits per heavy atom. The van der Waals surface area contributed by atoms with Crippen LogP contribution in [-0.2, 0) is 0 Å². The van der Waals surface area contributed by atoms with Crippen molar-refractivity contribution in [3.63, 3.8) is 0 Å². The van der Waals surface area contributed by atoms with Crippen LogP contribution >= 0.6 is 0 Å². The van der Waals surface area contributed by atoms with E-state index in [-0.39, 0.29) is 11.9 Å². The second-order valence-corrected chi connectivity index (χ2v) is 6.93. The number of aromatic nitrogens is 1. The Labute approximate surface area is 145 Å². The number of nitrogens with two attached hydrogens (primary N) is 1. The van der Waals surface area contributed by atoms with Crippen molar-refractivity contribution >= 4 is 22.5 Å². The third-order valence-electron chi connectivity index (χ3n) is 5.60. The third-order valence-corrected chi connectivity index (χ3v) is 5.60. The van der Waals surface area contributed by atoms with Gasteiger partial charge >= 0.3 is 0 Å². The molecule has 2 aliphatic rings. The molecule has 4 N–H and O–H groups in total. The summed E-state index contributed by atoms with van der Waals surface area (Å²) >= 11 is 0. The van der Waals surface area contributed by atoms with Crippen LogP contribution in [0.1, 0.15) is 39.9 Å². The van der Waals surface area contributed by atoms with E-state index in [0.29, 0.717) is 17.4 Å². The van der Waals surface area contributed by atoms with Gasteiger partial charge < -0.3 is 16.0 Å². The largest absolute Gasteiger partial charge is 0.378 e. The number of fused-ring (bicyclic) bond motifs is 4. The summed E-state index contributed by atoms with van der Waals surface area (Å²) in [6.45, 7) is 0. The second-order valence-electron chi connectivity index (χ2n) is 6.93. The summed E-state index contributed by atoms with van der Waals surface area (Å²) in [7, 11) is 0.